The first-order valence-corrected chi connectivity index (χ1v) is 14.0. The topological polar surface area (TPSA) is 63.2 Å². The quantitative estimate of drug-likeness (QED) is 0.181. The molecule has 0 aliphatic heterocycles. The number of thiocarbonyl (C=S) groups is 1. The molecule has 0 bridgehead atoms. The number of nitrogens with zero attached hydrogens (tertiary/aromatic N) is 1. The summed E-state index contributed by atoms with van der Waals surface area (Å²) in [6.45, 7) is 0.415. The van der Waals surface area contributed by atoms with E-state index in [2.05, 4.69) is 42.5 Å². The van der Waals surface area contributed by atoms with E-state index in [1.54, 1.807) is 29.5 Å². The van der Waals surface area contributed by atoms with Crippen LogP contribution in [-0.4, -0.2) is 16.0 Å². The van der Waals surface area contributed by atoms with Crippen LogP contribution in [0.15, 0.2) is 99.9 Å². The average Bonchev–Trinajstić information content (AvgIpc) is 3.34. The van der Waals surface area contributed by atoms with Crippen LogP contribution in [0.2, 0.25) is 0 Å². The smallest absolute Gasteiger partial charge is 0.257 e. The highest BCUT2D eigenvalue weighted by Crippen LogP contribution is 2.40. The number of anilines is 1. The first kappa shape index (κ1) is 25.5. The Morgan fingerprint density at radius 1 is 0.946 bits per heavy atom. The van der Waals surface area contributed by atoms with Gasteiger partial charge in [0.15, 0.2) is 5.11 Å². The maximum absolute atomic E-state index is 13.0. The molecule has 0 aliphatic carbocycles. The Bertz CT molecular complexity index is 1570. The number of halogens is 2. The van der Waals surface area contributed by atoms with E-state index in [4.69, 9.17) is 21.9 Å². The average molecular weight is 653 g/mol. The molecule has 5 nitrogen and oxygen atoms in total. The van der Waals surface area contributed by atoms with Gasteiger partial charge in [0.25, 0.3) is 5.91 Å². The van der Waals surface area contributed by atoms with Crippen LogP contribution in [-0.2, 0) is 6.61 Å². The first-order valence-electron chi connectivity index (χ1n) is 11.2. The van der Waals surface area contributed by atoms with E-state index in [0.717, 1.165) is 35.3 Å². The van der Waals surface area contributed by atoms with Gasteiger partial charge in [0, 0.05) is 20.1 Å². The monoisotopic (exact) mass is 651 g/mol. The molecule has 9 heteroatoms. The third-order valence-corrected chi connectivity index (χ3v) is 7.75. The van der Waals surface area contributed by atoms with E-state index in [1.807, 2.05) is 72.8 Å². The second kappa shape index (κ2) is 11.5. The molecule has 0 aliphatic rings. The van der Waals surface area contributed by atoms with E-state index in [-0.39, 0.29) is 11.0 Å². The lowest BCUT2D eigenvalue weighted by Crippen LogP contribution is -2.34. The molecule has 0 fully saturated rings. The molecule has 0 spiro atoms. The Balaban J connectivity index is 1.31. The van der Waals surface area contributed by atoms with Crippen molar-refractivity contribution in [3.05, 3.63) is 111 Å². The van der Waals surface area contributed by atoms with Crippen LogP contribution < -0.4 is 15.4 Å². The Morgan fingerprint density at radius 3 is 2.54 bits per heavy atom. The highest BCUT2D eigenvalue weighted by atomic mass is 79.9. The predicted molar refractivity (Wildman–Crippen MR) is 161 cm³/mol. The number of fused-ring (bicyclic) bond motifs is 1. The maximum atomic E-state index is 13.0. The van der Waals surface area contributed by atoms with Crippen LogP contribution in [0.4, 0.5) is 5.69 Å². The number of thiazole rings is 1. The SMILES string of the molecule is O=C(NC(=S)Nc1c(Br)cc(Br)cc1-c1nc2ccccc2s1)c1cccc(OCc2ccccc2)c1. The largest absolute Gasteiger partial charge is 0.489 e. The summed E-state index contributed by atoms with van der Waals surface area (Å²) in [4.78, 5) is 17.7. The lowest BCUT2D eigenvalue weighted by Gasteiger charge is -2.15. The molecule has 1 amide bonds. The molecule has 37 heavy (non-hydrogen) atoms. The molecular weight excluding hydrogens is 634 g/mol. The van der Waals surface area contributed by atoms with Crippen molar-refractivity contribution in [2.24, 2.45) is 0 Å². The number of hydrogen-bond acceptors (Lipinski definition) is 5. The first-order chi connectivity index (χ1) is 18.0. The molecule has 1 aromatic heterocycles. The van der Waals surface area contributed by atoms with Crippen molar-refractivity contribution in [3.63, 3.8) is 0 Å². The summed E-state index contributed by atoms with van der Waals surface area (Å²) in [5.74, 6) is 0.265. The molecule has 0 saturated carbocycles. The Morgan fingerprint density at radius 2 is 1.73 bits per heavy atom. The van der Waals surface area contributed by atoms with Gasteiger partial charge >= 0.3 is 0 Å². The van der Waals surface area contributed by atoms with Crippen LogP contribution >= 0.6 is 55.4 Å². The molecule has 1 heterocycles. The molecule has 0 unspecified atom stereocenters. The molecule has 4 aromatic carbocycles. The van der Waals surface area contributed by atoms with Crippen molar-refractivity contribution in [1.29, 1.82) is 0 Å². The van der Waals surface area contributed by atoms with E-state index in [0.29, 0.717) is 23.6 Å². The van der Waals surface area contributed by atoms with Crippen LogP contribution in [0.1, 0.15) is 15.9 Å². The van der Waals surface area contributed by atoms with Gasteiger partial charge in [-0.2, -0.15) is 0 Å². The van der Waals surface area contributed by atoms with Gasteiger partial charge in [-0.1, -0.05) is 64.5 Å². The van der Waals surface area contributed by atoms with Gasteiger partial charge in [-0.3, -0.25) is 10.1 Å². The maximum Gasteiger partial charge on any atom is 0.257 e. The van der Waals surface area contributed by atoms with E-state index < -0.39 is 0 Å². The van der Waals surface area contributed by atoms with Gasteiger partial charge in [-0.05, 0) is 76.2 Å². The van der Waals surface area contributed by atoms with Crippen molar-refractivity contribution in [2.45, 2.75) is 6.61 Å². The summed E-state index contributed by atoms with van der Waals surface area (Å²) in [6, 6.07) is 28.7. The summed E-state index contributed by atoms with van der Waals surface area (Å²) >= 11 is 14.3. The van der Waals surface area contributed by atoms with Crippen molar-refractivity contribution in [3.8, 4) is 16.3 Å². The fraction of sp³-hybridized carbons (Fsp3) is 0.0357. The molecule has 0 saturated heterocycles. The molecule has 0 atom stereocenters. The Kier molecular flexibility index (Phi) is 7.95. The minimum Gasteiger partial charge on any atom is -0.489 e. The summed E-state index contributed by atoms with van der Waals surface area (Å²) < 4.78 is 8.61. The van der Waals surface area contributed by atoms with Gasteiger partial charge in [0.05, 0.1) is 15.9 Å². The number of carbonyl (C=O) groups excluding carboxylic acids is 1. The number of para-hydroxylation sites is 1. The van der Waals surface area contributed by atoms with Gasteiger partial charge in [-0.15, -0.1) is 11.3 Å². The zero-order chi connectivity index (χ0) is 25.8. The Labute approximate surface area is 240 Å². The molecule has 5 aromatic rings. The third kappa shape index (κ3) is 6.24. The highest BCUT2D eigenvalue weighted by molar-refractivity contribution is 9.11. The summed E-state index contributed by atoms with van der Waals surface area (Å²) in [7, 11) is 0. The number of aromatic nitrogens is 1. The third-order valence-electron chi connectivity index (χ3n) is 5.39. The van der Waals surface area contributed by atoms with Crippen LogP contribution in [0.3, 0.4) is 0 Å². The zero-order valence-electron chi connectivity index (χ0n) is 19.2. The number of amides is 1. The molecular formula is C28H19Br2N3O2S2. The second-order valence-corrected chi connectivity index (χ2v) is 11.2. The lowest BCUT2D eigenvalue weighted by atomic mass is 10.2. The van der Waals surface area contributed by atoms with E-state index in [9.17, 15) is 4.79 Å². The van der Waals surface area contributed by atoms with E-state index >= 15 is 0 Å². The van der Waals surface area contributed by atoms with Gasteiger partial charge < -0.3 is 10.1 Å². The highest BCUT2D eigenvalue weighted by Gasteiger charge is 2.17. The van der Waals surface area contributed by atoms with Crippen LogP contribution in [0, 0.1) is 0 Å². The molecule has 5 rings (SSSR count). The normalized spacial score (nSPS) is 10.8. The van der Waals surface area contributed by atoms with Crippen molar-refractivity contribution < 1.29 is 9.53 Å². The summed E-state index contributed by atoms with van der Waals surface area (Å²) in [5.41, 5.74) is 3.99. The standard InChI is InChI=1S/C28H19Br2N3O2S2/c29-19-14-21(27-31-23-11-4-5-12-24(23)37-27)25(22(30)15-19)32-28(36)33-26(34)18-9-6-10-20(13-18)35-16-17-7-2-1-3-8-17/h1-15H,16H2,(H2,32,33,34,36). The predicted octanol–water partition coefficient (Wildman–Crippen LogP) is 8.19. The zero-order valence-corrected chi connectivity index (χ0v) is 24.0. The van der Waals surface area contributed by atoms with Crippen molar-refractivity contribution in [2.75, 3.05) is 5.32 Å². The minimum absolute atomic E-state index is 0.172. The Hall–Kier alpha value is -3.11. The number of rotatable bonds is 6. The fourth-order valence-electron chi connectivity index (χ4n) is 3.64. The minimum atomic E-state index is -0.336. The second-order valence-electron chi connectivity index (χ2n) is 8.01. The van der Waals surface area contributed by atoms with Crippen LogP contribution in [0.5, 0.6) is 5.75 Å². The lowest BCUT2D eigenvalue weighted by molar-refractivity contribution is 0.0977. The number of nitrogens with one attached hydrogen (secondary N) is 2. The fourth-order valence-corrected chi connectivity index (χ4v) is 6.15. The summed E-state index contributed by atoms with van der Waals surface area (Å²) in [5, 5.41) is 6.96. The van der Waals surface area contributed by atoms with E-state index in [1.165, 1.54) is 0 Å². The van der Waals surface area contributed by atoms with Gasteiger partial charge in [0.1, 0.15) is 17.4 Å². The van der Waals surface area contributed by atoms with Gasteiger partial charge in [0.2, 0.25) is 0 Å². The number of hydrogen-bond donors (Lipinski definition) is 2. The van der Waals surface area contributed by atoms with Crippen molar-refractivity contribution >= 4 is 82.3 Å². The molecule has 184 valence electrons. The molecule has 2 N–H and O–H groups in total. The number of carbonyl (C=O) groups is 1. The molecule has 0 radical (unpaired) electrons. The van der Waals surface area contributed by atoms with Crippen LogP contribution in [0.25, 0.3) is 20.8 Å². The number of ether oxygens (including phenoxy) is 1. The van der Waals surface area contributed by atoms with Crippen molar-refractivity contribution in [1.82, 2.24) is 10.3 Å². The number of benzene rings is 4. The van der Waals surface area contributed by atoms with Gasteiger partial charge in [-0.25, -0.2) is 4.98 Å². The summed E-state index contributed by atoms with van der Waals surface area (Å²) in [6.07, 6.45) is 0.